The van der Waals surface area contributed by atoms with Crippen molar-refractivity contribution in [3.05, 3.63) is 65.7 Å². The number of nitrogens with one attached hydrogen (secondary N) is 2. The van der Waals surface area contributed by atoms with Crippen molar-refractivity contribution < 1.29 is 19.1 Å². The molecule has 0 aliphatic rings. The second-order valence-electron chi connectivity index (χ2n) is 6.36. The Morgan fingerprint density at radius 3 is 2.46 bits per heavy atom. The first kappa shape index (κ1) is 19.1. The lowest BCUT2D eigenvalue weighted by atomic mass is 10.2. The molecule has 0 saturated heterocycles. The fraction of sp³-hybridized carbons (Fsp3) is 0.200. The van der Waals surface area contributed by atoms with Crippen molar-refractivity contribution in [2.45, 2.75) is 19.9 Å². The monoisotopic (exact) mass is 380 g/mol. The second kappa shape index (κ2) is 7.91. The predicted molar refractivity (Wildman–Crippen MR) is 104 cm³/mol. The molecule has 8 nitrogen and oxygen atoms in total. The smallest absolute Gasteiger partial charge is 0.339 e. The van der Waals surface area contributed by atoms with Gasteiger partial charge in [0.2, 0.25) is 5.82 Å². The van der Waals surface area contributed by atoms with Crippen LogP contribution in [0.4, 0.5) is 5.69 Å². The van der Waals surface area contributed by atoms with Gasteiger partial charge in [-0.25, -0.2) is 9.78 Å². The first-order valence-corrected chi connectivity index (χ1v) is 8.69. The zero-order valence-electron chi connectivity index (χ0n) is 15.7. The largest absolute Gasteiger partial charge is 0.465 e. The minimum absolute atomic E-state index is 0.0316. The van der Waals surface area contributed by atoms with Crippen LogP contribution < -0.4 is 10.6 Å². The summed E-state index contributed by atoms with van der Waals surface area (Å²) in [7, 11) is 1.27. The van der Waals surface area contributed by atoms with E-state index in [-0.39, 0.29) is 29.0 Å². The molecule has 0 fully saturated rings. The summed E-state index contributed by atoms with van der Waals surface area (Å²) in [5, 5.41) is 5.45. The number of esters is 1. The summed E-state index contributed by atoms with van der Waals surface area (Å²) in [5.74, 6) is -1.46. The first-order valence-electron chi connectivity index (χ1n) is 8.69. The van der Waals surface area contributed by atoms with Gasteiger partial charge in [-0.15, -0.1) is 0 Å². The molecule has 2 N–H and O–H groups in total. The zero-order chi connectivity index (χ0) is 20.3. The van der Waals surface area contributed by atoms with E-state index in [2.05, 4.69) is 15.6 Å². The van der Waals surface area contributed by atoms with Gasteiger partial charge in [0, 0.05) is 12.2 Å². The summed E-state index contributed by atoms with van der Waals surface area (Å²) in [5.41, 5.74) is 1.17. The molecule has 1 aromatic carbocycles. The summed E-state index contributed by atoms with van der Waals surface area (Å²) in [6, 6.07) is 11.6. The molecule has 0 bridgehead atoms. The lowest BCUT2D eigenvalue weighted by molar-refractivity contribution is 0.0601. The van der Waals surface area contributed by atoms with Crippen molar-refractivity contribution in [1.82, 2.24) is 14.7 Å². The second-order valence-corrected chi connectivity index (χ2v) is 6.36. The maximum atomic E-state index is 12.9. The Morgan fingerprint density at radius 1 is 1.04 bits per heavy atom. The SMILES string of the molecule is COC(=O)c1ccccc1NC(=O)c1nc(C(=O)NC(C)C)c2ccccn12. The van der Waals surface area contributed by atoms with Crippen molar-refractivity contribution in [2.75, 3.05) is 12.4 Å². The highest BCUT2D eigenvalue weighted by molar-refractivity contribution is 6.08. The molecule has 0 unspecified atom stereocenters. The summed E-state index contributed by atoms with van der Waals surface area (Å²) in [6.07, 6.45) is 1.65. The standard InChI is InChI=1S/C20H20N4O4/c1-12(2)21-18(25)16-15-10-6-7-11-24(15)17(23-16)19(26)22-14-9-5-4-8-13(14)20(27)28-3/h4-12H,1-3H3,(H,21,25)(H,22,26). The molecular formula is C20H20N4O4. The maximum absolute atomic E-state index is 12.9. The number of carbonyl (C=O) groups is 3. The number of fused-ring (bicyclic) bond motifs is 1. The number of anilines is 1. The van der Waals surface area contributed by atoms with Gasteiger partial charge in [-0.3, -0.25) is 14.0 Å². The Labute approximate surface area is 161 Å². The number of benzene rings is 1. The van der Waals surface area contributed by atoms with Gasteiger partial charge in [0.1, 0.15) is 0 Å². The molecule has 3 rings (SSSR count). The van der Waals surface area contributed by atoms with Crippen LogP contribution in [-0.4, -0.2) is 40.3 Å². The van der Waals surface area contributed by atoms with Gasteiger partial charge < -0.3 is 15.4 Å². The number of aromatic nitrogens is 2. The van der Waals surface area contributed by atoms with Gasteiger partial charge >= 0.3 is 5.97 Å². The average molecular weight is 380 g/mol. The first-order chi connectivity index (χ1) is 13.4. The van der Waals surface area contributed by atoms with Gasteiger partial charge in [0.15, 0.2) is 5.69 Å². The van der Waals surface area contributed by atoms with E-state index in [4.69, 9.17) is 4.74 Å². The number of nitrogens with zero attached hydrogens (tertiary/aromatic N) is 2. The van der Waals surface area contributed by atoms with Gasteiger partial charge in [-0.2, -0.15) is 0 Å². The molecule has 144 valence electrons. The Bertz CT molecular complexity index is 1060. The van der Waals surface area contributed by atoms with E-state index in [1.165, 1.54) is 11.5 Å². The topological polar surface area (TPSA) is 102 Å². The van der Waals surface area contributed by atoms with E-state index in [1.54, 1.807) is 48.7 Å². The van der Waals surface area contributed by atoms with Crippen LogP contribution in [0.2, 0.25) is 0 Å². The van der Waals surface area contributed by atoms with Crippen LogP contribution in [0.15, 0.2) is 48.7 Å². The number of imidazole rings is 1. The van der Waals surface area contributed by atoms with Crippen LogP contribution in [0.5, 0.6) is 0 Å². The summed E-state index contributed by atoms with van der Waals surface area (Å²) in [6.45, 7) is 3.68. The van der Waals surface area contributed by atoms with E-state index in [1.807, 2.05) is 13.8 Å². The van der Waals surface area contributed by atoms with Crippen LogP contribution in [0.25, 0.3) is 5.52 Å². The number of pyridine rings is 1. The number of carbonyl (C=O) groups excluding carboxylic acids is 3. The summed E-state index contributed by atoms with van der Waals surface area (Å²) >= 11 is 0. The van der Waals surface area contributed by atoms with E-state index in [0.717, 1.165) is 0 Å². The highest BCUT2D eigenvalue weighted by Gasteiger charge is 2.23. The minimum Gasteiger partial charge on any atom is -0.465 e. The van der Waals surface area contributed by atoms with Gasteiger partial charge in [-0.05, 0) is 38.1 Å². The normalized spacial score (nSPS) is 10.7. The van der Waals surface area contributed by atoms with Crippen molar-refractivity contribution in [2.24, 2.45) is 0 Å². The van der Waals surface area contributed by atoms with Crippen LogP contribution >= 0.6 is 0 Å². The van der Waals surface area contributed by atoms with Crippen molar-refractivity contribution in [3.8, 4) is 0 Å². The third-order valence-corrected chi connectivity index (χ3v) is 3.97. The van der Waals surface area contributed by atoms with Crippen molar-refractivity contribution in [3.63, 3.8) is 0 Å². The predicted octanol–water partition coefficient (Wildman–Crippen LogP) is 2.51. The van der Waals surface area contributed by atoms with E-state index >= 15 is 0 Å². The molecule has 0 saturated carbocycles. The molecule has 0 radical (unpaired) electrons. The van der Waals surface area contributed by atoms with Gasteiger partial charge in [0.05, 0.1) is 23.9 Å². The Hall–Kier alpha value is -3.68. The minimum atomic E-state index is -0.569. The van der Waals surface area contributed by atoms with E-state index in [9.17, 15) is 14.4 Å². The fourth-order valence-corrected chi connectivity index (χ4v) is 2.75. The number of hydrogen-bond donors (Lipinski definition) is 2. The molecule has 0 atom stereocenters. The Kier molecular flexibility index (Phi) is 5.39. The van der Waals surface area contributed by atoms with E-state index in [0.29, 0.717) is 11.2 Å². The lowest BCUT2D eigenvalue weighted by Crippen LogP contribution is -2.30. The molecule has 2 heterocycles. The van der Waals surface area contributed by atoms with Crippen molar-refractivity contribution in [1.29, 1.82) is 0 Å². The number of methoxy groups -OCH3 is 1. The molecule has 8 heteroatoms. The molecule has 0 aliphatic carbocycles. The number of hydrogen-bond acceptors (Lipinski definition) is 5. The van der Waals surface area contributed by atoms with Gasteiger partial charge in [-0.1, -0.05) is 18.2 Å². The molecular weight excluding hydrogens is 360 g/mol. The number of amides is 2. The third-order valence-electron chi connectivity index (χ3n) is 3.97. The lowest BCUT2D eigenvalue weighted by Gasteiger charge is -2.09. The quantitative estimate of drug-likeness (QED) is 0.662. The Balaban J connectivity index is 2.00. The van der Waals surface area contributed by atoms with Crippen LogP contribution in [0, 0.1) is 0 Å². The maximum Gasteiger partial charge on any atom is 0.339 e. The van der Waals surface area contributed by atoms with Crippen LogP contribution in [-0.2, 0) is 4.74 Å². The number of ether oxygens (including phenoxy) is 1. The Morgan fingerprint density at radius 2 is 1.75 bits per heavy atom. The third kappa shape index (κ3) is 3.71. The summed E-state index contributed by atoms with van der Waals surface area (Å²) in [4.78, 5) is 41.5. The highest BCUT2D eigenvalue weighted by Crippen LogP contribution is 2.19. The fourth-order valence-electron chi connectivity index (χ4n) is 2.75. The van der Waals surface area contributed by atoms with E-state index < -0.39 is 11.9 Å². The molecule has 2 amide bonds. The number of rotatable bonds is 5. The molecule has 2 aromatic heterocycles. The summed E-state index contributed by atoms with van der Waals surface area (Å²) < 4.78 is 6.28. The van der Waals surface area contributed by atoms with Crippen LogP contribution in [0.3, 0.4) is 0 Å². The molecule has 0 aliphatic heterocycles. The van der Waals surface area contributed by atoms with Crippen molar-refractivity contribution >= 4 is 29.0 Å². The van der Waals surface area contributed by atoms with Gasteiger partial charge in [0.25, 0.3) is 11.8 Å². The zero-order valence-corrected chi connectivity index (χ0v) is 15.7. The molecule has 3 aromatic rings. The highest BCUT2D eigenvalue weighted by atomic mass is 16.5. The molecule has 28 heavy (non-hydrogen) atoms. The number of para-hydroxylation sites is 1. The molecule has 0 spiro atoms. The average Bonchev–Trinajstić information content (AvgIpc) is 3.07. The van der Waals surface area contributed by atoms with Crippen LogP contribution in [0.1, 0.15) is 45.3 Å².